The Morgan fingerprint density at radius 3 is 2.80 bits per heavy atom. The Morgan fingerprint density at radius 1 is 1.45 bits per heavy atom. The smallest absolute Gasteiger partial charge is 0.129 e. The van der Waals surface area contributed by atoms with Gasteiger partial charge in [0.05, 0.1) is 23.0 Å². The normalized spacial score (nSPS) is 12.7. The summed E-state index contributed by atoms with van der Waals surface area (Å²) < 4.78 is 16.7. The van der Waals surface area contributed by atoms with E-state index in [2.05, 4.69) is 26.3 Å². The Hall–Kier alpha value is -0.910. The van der Waals surface area contributed by atoms with Gasteiger partial charge >= 0.3 is 0 Å². The monoisotopic (exact) mass is 359 g/mol. The highest BCUT2D eigenvalue weighted by atomic mass is 79.9. The second-order valence-corrected chi connectivity index (χ2v) is 5.67. The van der Waals surface area contributed by atoms with Gasteiger partial charge in [0, 0.05) is 16.6 Å². The minimum Gasteiger partial charge on any atom is -0.305 e. The van der Waals surface area contributed by atoms with Crippen LogP contribution in [0, 0.1) is 5.82 Å². The standard InChI is InChI=1S/C14H16BrClFN3/c1-3-18-13(10-6-5-9(15)7-12(10)17)14-11(16)8-19-20(14)4-2/h5-8,13,18H,3-4H2,1-2H3. The summed E-state index contributed by atoms with van der Waals surface area (Å²) in [6.45, 7) is 5.34. The Labute approximate surface area is 131 Å². The van der Waals surface area contributed by atoms with E-state index in [1.807, 2.05) is 19.9 Å². The molecule has 0 fully saturated rings. The van der Waals surface area contributed by atoms with Crippen LogP contribution in [-0.2, 0) is 6.54 Å². The van der Waals surface area contributed by atoms with Crippen molar-refractivity contribution in [2.45, 2.75) is 26.4 Å². The zero-order valence-electron chi connectivity index (χ0n) is 11.3. The summed E-state index contributed by atoms with van der Waals surface area (Å²) in [5.74, 6) is -0.273. The molecule has 0 radical (unpaired) electrons. The molecule has 3 nitrogen and oxygen atoms in total. The van der Waals surface area contributed by atoms with Crippen molar-refractivity contribution in [3.05, 3.63) is 51.0 Å². The van der Waals surface area contributed by atoms with E-state index in [-0.39, 0.29) is 11.9 Å². The SMILES string of the molecule is CCNC(c1ccc(Br)cc1F)c1c(Cl)cnn1CC. The fourth-order valence-corrected chi connectivity index (χ4v) is 2.79. The summed E-state index contributed by atoms with van der Waals surface area (Å²) in [4.78, 5) is 0. The number of hydrogen-bond donors (Lipinski definition) is 1. The first-order valence-corrected chi connectivity index (χ1v) is 7.65. The number of nitrogens with zero attached hydrogens (tertiary/aromatic N) is 2. The highest BCUT2D eigenvalue weighted by Crippen LogP contribution is 2.30. The number of benzene rings is 1. The maximum absolute atomic E-state index is 14.2. The summed E-state index contributed by atoms with van der Waals surface area (Å²) in [5, 5.41) is 8.04. The largest absolute Gasteiger partial charge is 0.305 e. The summed E-state index contributed by atoms with van der Waals surface area (Å²) >= 11 is 9.50. The molecule has 1 aromatic heterocycles. The van der Waals surface area contributed by atoms with Gasteiger partial charge in [0.1, 0.15) is 5.82 Å². The molecule has 0 spiro atoms. The van der Waals surface area contributed by atoms with E-state index in [0.717, 1.165) is 5.69 Å². The fourth-order valence-electron chi connectivity index (χ4n) is 2.20. The molecule has 0 aliphatic carbocycles. The third kappa shape index (κ3) is 3.05. The predicted octanol–water partition coefficient (Wildman–Crippen LogP) is 4.16. The summed E-state index contributed by atoms with van der Waals surface area (Å²) in [7, 11) is 0. The summed E-state index contributed by atoms with van der Waals surface area (Å²) in [6.07, 6.45) is 1.60. The fraction of sp³-hybridized carbons (Fsp3) is 0.357. The molecule has 20 heavy (non-hydrogen) atoms. The lowest BCUT2D eigenvalue weighted by molar-refractivity contribution is 0.515. The lowest BCUT2D eigenvalue weighted by Crippen LogP contribution is -2.26. The lowest BCUT2D eigenvalue weighted by atomic mass is 10.0. The van der Waals surface area contributed by atoms with E-state index in [9.17, 15) is 4.39 Å². The molecule has 6 heteroatoms. The van der Waals surface area contributed by atoms with E-state index in [0.29, 0.717) is 28.1 Å². The molecule has 1 atom stereocenters. The van der Waals surface area contributed by atoms with Gasteiger partial charge in [-0.2, -0.15) is 5.10 Å². The molecule has 2 aromatic rings. The average molecular weight is 361 g/mol. The first kappa shape index (κ1) is 15.5. The van der Waals surface area contributed by atoms with Crippen LogP contribution in [0.15, 0.2) is 28.9 Å². The van der Waals surface area contributed by atoms with Gasteiger partial charge < -0.3 is 5.32 Å². The molecule has 1 aromatic carbocycles. The molecule has 2 rings (SSSR count). The highest BCUT2D eigenvalue weighted by Gasteiger charge is 2.23. The highest BCUT2D eigenvalue weighted by molar-refractivity contribution is 9.10. The number of hydrogen-bond acceptors (Lipinski definition) is 2. The van der Waals surface area contributed by atoms with Gasteiger partial charge in [-0.05, 0) is 25.6 Å². The van der Waals surface area contributed by atoms with Crippen LogP contribution in [0.4, 0.5) is 4.39 Å². The van der Waals surface area contributed by atoms with Crippen molar-refractivity contribution in [2.24, 2.45) is 0 Å². The average Bonchev–Trinajstić information content (AvgIpc) is 2.78. The molecule has 0 amide bonds. The van der Waals surface area contributed by atoms with Crippen molar-refractivity contribution in [3.63, 3.8) is 0 Å². The van der Waals surface area contributed by atoms with Crippen molar-refractivity contribution >= 4 is 27.5 Å². The summed E-state index contributed by atoms with van der Waals surface area (Å²) in [6, 6.07) is 4.72. The number of aryl methyl sites for hydroxylation is 1. The maximum Gasteiger partial charge on any atom is 0.129 e. The number of halogens is 3. The zero-order valence-corrected chi connectivity index (χ0v) is 13.7. The molecular formula is C14H16BrClFN3. The van der Waals surface area contributed by atoms with Gasteiger partial charge in [0.25, 0.3) is 0 Å². The number of nitrogens with one attached hydrogen (secondary N) is 1. The molecule has 0 saturated heterocycles. The molecule has 0 bridgehead atoms. The summed E-state index contributed by atoms with van der Waals surface area (Å²) in [5.41, 5.74) is 1.35. The van der Waals surface area contributed by atoms with Crippen LogP contribution in [0.5, 0.6) is 0 Å². The Bertz CT molecular complexity index is 600. The van der Waals surface area contributed by atoms with Gasteiger partial charge in [-0.1, -0.05) is 40.5 Å². The molecule has 0 aliphatic heterocycles. The van der Waals surface area contributed by atoms with Gasteiger partial charge in [-0.3, -0.25) is 4.68 Å². The first-order chi connectivity index (χ1) is 9.58. The zero-order chi connectivity index (χ0) is 14.7. The van der Waals surface area contributed by atoms with Gasteiger partial charge in [0.15, 0.2) is 0 Å². The van der Waals surface area contributed by atoms with Crippen molar-refractivity contribution in [1.82, 2.24) is 15.1 Å². The third-order valence-corrected chi connectivity index (χ3v) is 3.87. The van der Waals surface area contributed by atoms with Crippen molar-refractivity contribution in [2.75, 3.05) is 6.54 Å². The van der Waals surface area contributed by atoms with E-state index in [1.54, 1.807) is 16.9 Å². The van der Waals surface area contributed by atoms with Crippen LogP contribution in [0.25, 0.3) is 0 Å². The van der Waals surface area contributed by atoms with Crippen LogP contribution >= 0.6 is 27.5 Å². The topological polar surface area (TPSA) is 29.9 Å². The number of rotatable bonds is 5. The van der Waals surface area contributed by atoms with Crippen LogP contribution in [0.1, 0.15) is 31.1 Å². The number of aromatic nitrogens is 2. The van der Waals surface area contributed by atoms with Crippen LogP contribution < -0.4 is 5.32 Å². The van der Waals surface area contributed by atoms with Gasteiger partial charge in [-0.15, -0.1) is 0 Å². The van der Waals surface area contributed by atoms with Crippen LogP contribution in [0.3, 0.4) is 0 Å². The van der Waals surface area contributed by atoms with Crippen molar-refractivity contribution < 1.29 is 4.39 Å². The van der Waals surface area contributed by atoms with Gasteiger partial charge in [0.2, 0.25) is 0 Å². The molecule has 108 valence electrons. The Morgan fingerprint density at radius 2 is 2.20 bits per heavy atom. The second kappa shape index (κ2) is 6.70. The maximum atomic E-state index is 14.2. The molecule has 1 unspecified atom stereocenters. The lowest BCUT2D eigenvalue weighted by Gasteiger charge is -2.21. The Balaban J connectivity index is 2.53. The van der Waals surface area contributed by atoms with E-state index in [4.69, 9.17) is 11.6 Å². The van der Waals surface area contributed by atoms with E-state index >= 15 is 0 Å². The molecular weight excluding hydrogens is 345 g/mol. The Kier molecular flexibility index (Phi) is 5.18. The second-order valence-electron chi connectivity index (χ2n) is 4.35. The molecule has 1 heterocycles. The van der Waals surface area contributed by atoms with Gasteiger partial charge in [-0.25, -0.2) is 4.39 Å². The first-order valence-electron chi connectivity index (χ1n) is 6.48. The quantitative estimate of drug-likeness (QED) is 0.868. The predicted molar refractivity (Wildman–Crippen MR) is 82.5 cm³/mol. The molecule has 1 N–H and O–H groups in total. The molecule has 0 saturated carbocycles. The van der Waals surface area contributed by atoms with Crippen LogP contribution in [0.2, 0.25) is 5.02 Å². The van der Waals surface area contributed by atoms with Crippen LogP contribution in [-0.4, -0.2) is 16.3 Å². The minimum atomic E-state index is -0.317. The van der Waals surface area contributed by atoms with Crippen molar-refractivity contribution in [1.29, 1.82) is 0 Å². The van der Waals surface area contributed by atoms with E-state index in [1.165, 1.54) is 6.07 Å². The minimum absolute atomic E-state index is 0.273. The third-order valence-electron chi connectivity index (χ3n) is 3.09. The molecule has 0 aliphatic rings. The van der Waals surface area contributed by atoms with Crippen molar-refractivity contribution in [3.8, 4) is 0 Å². The van der Waals surface area contributed by atoms with E-state index < -0.39 is 0 Å².